The standard InChI is InChI=1S/C13H18O2/c1-3-11(2)13(14)10-15-9-12-7-5-4-6-8-12/h3-8,11,13-14H,1,9-10H2,2H3. The molecule has 1 rings (SSSR count). The van der Waals surface area contributed by atoms with Gasteiger partial charge in [-0.25, -0.2) is 0 Å². The molecule has 0 amide bonds. The van der Waals surface area contributed by atoms with Gasteiger partial charge in [0.25, 0.3) is 0 Å². The first-order chi connectivity index (χ1) is 7.24. The zero-order valence-electron chi connectivity index (χ0n) is 9.10. The highest BCUT2D eigenvalue weighted by Crippen LogP contribution is 2.06. The second-order valence-corrected chi connectivity index (χ2v) is 3.66. The Morgan fingerprint density at radius 3 is 2.67 bits per heavy atom. The smallest absolute Gasteiger partial charge is 0.0833 e. The molecule has 2 nitrogen and oxygen atoms in total. The molecule has 82 valence electrons. The molecule has 1 N–H and O–H groups in total. The Bertz CT molecular complexity index is 282. The van der Waals surface area contributed by atoms with Crippen molar-refractivity contribution in [2.75, 3.05) is 6.61 Å². The molecule has 2 heteroatoms. The van der Waals surface area contributed by atoms with Crippen molar-refractivity contribution < 1.29 is 9.84 Å². The maximum Gasteiger partial charge on any atom is 0.0833 e. The van der Waals surface area contributed by atoms with E-state index in [2.05, 4.69) is 6.58 Å². The van der Waals surface area contributed by atoms with Gasteiger partial charge in [0.15, 0.2) is 0 Å². The molecule has 0 aliphatic heterocycles. The maximum atomic E-state index is 9.60. The van der Waals surface area contributed by atoms with Crippen LogP contribution in [0.2, 0.25) is 0 Å². The van der Waals surface area contributed by atoms with Crippen LogP contribution >= 0.6 is 0 Å². The fourth-order valence-corrected chi connectivity index (χ4v) is 1.18. The molecule has 0 fully saturated rings. The van der Waals surface area contributed by atoms with Crippen molar-refractivity contribution in [3.8, 4) is 0 Å². The molecule has 0 aliphatic carbocycles. The molecule has 1 aromatic carbocycles. The van der Waals surface area contributed by atoms with Crippen LogP contribution in [0.4, 0.5) is 0 Å². The molecule has 0 aliphatic rings. The van der Waals surface area contributed by atoms with Crippen molar-refractivity contribution in [2.24, 2.45) is 5.92 Å². The normalized spacial score (nSPS) is 14.5. The molecule has 0 saturated carbocycles. The van der Waals surface area contributed by atoms with Gasteiger partial charge in [0.1, 0.15) is 0 Å². The number of ether oxygens (including phenoxy) is 1. The van der Waals surface area contributed by atoms with E-state index >= 15 is 0 Å². The van der Waals surface area contributed by atoms with Gasteiger partial charge >= 0.3 is 0 Å². The summed E-state index contributed by atoms with van der Waals surface area (Å²) in [6.45, 7) is 6.45. The maximum absolute atomic E-state index is 9.60. The highest BCUT2D eigenvalue weighted by Gasteiger charge is 2.10. The predicted molar refractivity (Wildman–Crippen MR) is 61.5 cm³/mol. The summed E-state index contributed by atoms with van der Waals surface area (Å²) in [5.74, 6) is 0.0702. The minimum absolute atomic E-state index is 0.0702. The lowest BCUT2D eigenvalue weighted by atomic mass is 10.1. The van der Waals surface area contributed by atoms with E-state index in [0.717, 1.165) is 5.56 Å². The van der Waals surface area contributed by atoms with E-state index in [1.54, 1.807) is 6.08 Å². The van der Waals surface area contributed by atoms with Crippen LogP contribution in [0.25, 0.3) is 0 Å². The molecule has 0 spiro atoms. The zero-order valence-corrected chi connectivity index (χ0v) is 9.10. The lowest BCUT2D eigenvalue weighted by Gasteiger charge is -2.15. The number of benzene rings is 1. The molecule has 0 radical (unpaired) electrons. The molecular formula is C13H18O2. The number of aliphatic hydroxyl groups is 1. The number of aliphatic hydroxyl groups excluding tert-OH is 1. The third kappa shape index (κ3) is 4.28. The van der Waals surface area contributed by atoms with Crippen LogP contribution in [-0.2, 0) is 11.3 Å². The van der Waals surface area contributed by atoms with Gasteiger partial charge in [-0.15, -0.1) is 6.58 Å². The van der Waals surface area contributed by atoms with Gasteiger partial charge in [0, 0.05) is 5.92 Å². The van der Waals surface area contributed by atoms with E-state index in [-0.39, 0.29) is 5.92 Å². The molecule has 0 bridgehead atoms. The Kier molecular flexibility index (Phi) is 5.08. The van der Waals surface area contributed by atoms with Crippen molar-refractivity contribution in [3.05, 3.63) is 48.6 Å². The largest absolute Gasteiger partial charge is 0.390 e. The monoisotopic (exact) mass is 206 g/mol. The third-order valence-electron chi connectivity index (χ3n) is 2.38. The quantitative estimate of drug-likeness (QED) is 0.724. The van der Waals surface area contributed by atoms with E-state index in [0.29, 0.717) is 13.2 Å². The highest BCUT2D eigenvalue weighted by atomic mass is 16.5. The van der Waals surface area contributed by atoms with E-state index < -0.39 is 6.10 Å². The summed E-state index contributed by atoms with van der Waals surface area (Å²) in [6, 6.07) is 9.92. The van der Waals surface area contributed by atoms with Crippen LogP contribution in [0.5, 0.6) is 0 Å². The third-order valence-corrected chi connectivity index (χ3v) is 2.38. The topological polar surface area (TPSA) is 29.5 Å². The Balaban J connectivity index is 2.25. The molecule has 2 unspecified atom stereocenters. The van der Waals surface area contributed by atoms with Crippen molar-refractivity contribution in [2.45, 2.75) is 19.6 Å². The van der Waals surface area contributed by atoms with Gasteiger partial charge in [0.2, 0.25) is 0 Å². The van der Waals surface area contributed by atoms with Crippen LogP contribution in [0.1, 0.15) is 12.5 Å². The Labute approximate surface area is 91.2 Å². The van der Waals surface area contributed by atoms with Gasteiger partial charge in [-0.2, -0.15) is 0 Å². The van der Waals surface area contributed by atoms with Crippen molar-refractivity contribution in [3.63, 3.8) is 0 Å². The van der Waals surface area contributed by atoms with Gasteiger partial charge in [-0.1, -0.05) is 43.3 Å². The summed E-state index contributed by atoms with van der Waals surface area (Å²) in [5, 5.41) is 9.60. The summed E-state index contributed by atoms with van der Waals surface area (Å²) in [6.07, 6.45) is 1.27. The fourth-order valence-electron chi connectivity index (χ4n) is 1.18. The van der Waals surface area contributed by atoms with Gasteiger partial charge in [-0.05, 0) is 5.56 Å². The van der Waals surface area contributed by atoms with Crippen molar-refractivity contribution in [1.82, 2.24) is 0 Å². The molecule has 0 aromatic heterocycles. The van der Waals surface area contributed by atoms with E-state index in [9.17, 15) is 5.11 Å². The second kappa shape index (κ2) is 6.38. The van der Waals surface area contributed by atoms with Crippen LogP contribution in [-0.4, -0.2) is 17.8 Å². The number of hydrogen-bond donors (Lipinski definition) is 1. The summed E-state index contributed by atoms with van der Waals surface area (Å²) in [7, 11) is 0. The van der Waals surface area contributed by atoms with Crippen LogP contribution < -0.4 is 0 Å². The SMILES string of the molecule is C=CC(C)C(O)COCc1ccccc1. The van der Waals surface area contributed by atoms with Gasteiger partial charge in [-0.3, -0.25) is 0 Å². The van der Waals surface area contributed by atoms with Gasteiger partial charge < -0.3 is 9.84 Å². The van der Waals surface area contributed by atoms with Crippen LogP contribution in [0, 0.1) is 5.92 Å². The molecule has 1 aromatic rings. The second-order valence-electron chi connectivity index (χ2n) is 3.66. The first-order valence-corrected chi connectivity index (χ1v) is 5.16. The summed E-state index contributed by atoms with van der Waals surface area (Å²) in [5.41, 5.74) is 1.12. The summed E-state index contributed by atoms with van der Waals surface area (Å²) >= 11 is 0. The Hall–Kier alpha value is -1.12. The van der Waals surface area contributed by atoms with Gasteiger partial charge in [0.05, 0.1) is 19.3 Å². The average molecular weight is 206 g/mol. The Morgan fingerprint density at radius 2 is 2.07 bits per heavy atom. The molecule has 15 heavy (non-hydrogen) atoms. The fraction of sp³-hybridized carbons (Fsp3) is 0.385. The van der Waals surface area contributed by atoms with E-state index in [4.69, 9.17) is 4.74 Å². The highest BCUT2D eigenvalue weighted by molar-refractivity contribution is 5.13. The van der Waals surface area contributed by atoms with Crippen LogP contribution in [0.15, 0.2) is 43.0 Å². The zero-order chi connectivity index (χ0) is 11.1. The first-order valence-electron chi connectivity index (χ1n) is 5.16. The van der Waals surface area contributed by atoms with E-state index in [1.807, 2.05) is 37.3 Å². The summed E-state index contributed by atoms with van der Waals surface area (Å²) < 4.78 is 5.41. The minimum atomic E-state index is -0.466. The summed E-state index contributed by atoms with van der Waals surface area (Å²) in [4.78, 5) is 0. The first kappa shape index (κ1) is 12.0. The number of hydrogen-bond acceptors (Lipinski definition) is 2. The van der Waals surface area contributed by atoms with Crippen molar-refractivity contribution >= 4 is 0 Å². The lowest BCUT2D eigenvalue weighted by Crippen LogP contribution is -2.22. The lowest BCUT2D eigenvalue weighted by molar-refractivity contribution is 0.0118. The minimum Gasteiger partial charge on any atom is -0.390 e. The van der Waals surface area contributed by atoms with Crippen LogP contribution in [0.3, 0.4) is 0 Å². The predicted octanol–water partition coefficient (Wildman–Crippen LogP) is 2.39. The Morgan fingerprint density at radius 1 is 1.40 bits per heavy atom. The van der Waals surface area contributed by atoms with Crippen molar-refractivity contribution in [1.29, 1.82) is 0 Å². The molecular weight excluding hydrogens is 188 g/mol. The molecule has 0 saturated heterocycles. The number of rotatable bonds is 6. The average Bonchev–Trinajstić information content (AvgIpc) is 2.29. The molecule has 0 heterocycles. The molecule has 2 atom stereocenters. The van der Waals surface area contributed by atoms with E-state index in [1.165, 1.54) is 0 Å².